The van der Waals surface area contributed by atoms with E-state index in [0.717, 1.165) is 33.1 Å². The molecule has 0 aliphatic rings. The molecular formula is C29H30N4O6S. The lowest BCUT2D eigenvalue weighted by Crippen LogP contribution is -2.18. The summed E-state index contributed by atoms with van der Waals surface area (Å²) in [5.74, 6) is 0.334. The largest absolute Gasteiger partial charge is 0.361 e. The van der Waals surface area contributed by atoms with Gasteiger partial charge in [-0.2, -0.15) is 0 Å². The van der Waals surface area contributed by atoms with E-state index in [1.165, 1.54) is 12.1 Å². The molecule has 1 N–H and O–H groups in total. The summed E-state index contributed by atoms with van der Waals surface area (Å²) in [4.78, 5) is 23.5. The molecule has 3 aromatic carbocycles. The molecule has 0 unspecified atom stereocenters. The molecule has 2 aromatic heterocycles. The molecule has 5 rings (SSSR count). The molecule has 0 aliphatic heterocycles. The van der Waals surface area contributed by atoms with Crippen LogP contribution in [0.4, 0.5) is 11.4 Å². The van der Waals surface area contributed by atoms with Gasteiger partial charge in [0.15, 0.2) is 9.84 Å². The van der Waals surface area contributed by atoms with E-state index in [9.17, 15) is 28.6 Å². The highest BCUT2D eigenvalue weighted by Crippen LogP contribution is 2.27. The number of H-pyrrole nitrogens is 1. The summed E-state index contributed by atoms with van der Waals surface area (Å²) in [6.45, 7) is 5.46. The van der Waals surface area contributed by atoms with Crippen molar-refractivity contribution in [1.29, 1.82) is 0 Å². The fourth-order valence-corrected chi connectivity index (χ4v) is 5.48. The normalized spacial score (nSPS) is 12.3. The third kappa shape index (κ3) is 6.37. The van der Waals surface area contributed by atoms with Gasteiger partial charge >= 0.3 is 0 Å². The predicted octanol–water partition coefficient (Wildman–Crippen LogP) is 6.93. The van der Waals surface area contributed by atoms with Gasteiger partial charge in [-0.15, -0.1) is 0 Å². The Morgan fingerprint density at radius 2 is 1.45 bits per heavy atom. The number of nitrogens with zero attached hydrogens (tertiary/aromatic N) is 3. The zero-order valence-electron chi connectivity index (χ0n) is 22.4. The summed E-state index contributed by atoms with van der Waals surface area (Å²) in [7, 11) is -3.03. The number of benzene rings is 3. The third-order valence-corrected chi connectivity index (χ3v) is 9.17. The second-order valence-electron chi connectivity index (χ2n) is 9.89. The summed E-state index contributed by atoms with van der Waals surface area (Å²) < 4.78 is 26.0. The lowest BCUT2D eigenvalue weighted by Gasteiger charge is -2.14. The van der Waals surface area contributed by atoms with Crippen molar-refractivity contribution in [3.05, 3.63) is 111 Å². The molecular weight excluding hydrogens is 532 g/mol. The SMILES string of the molecule is CC(C)S(=O)(=O)CC[C@H](C)c1ccc(-n2ccc3cc([N+](=O)[O-])ccc32)cc1.O=[N+]([O-])c1ccc2[nH]ccc2c1. The molecule has 0 amide bonds. The van der Waals surface area contributed by atoms with Crippen LogP contribution in [0.1, 0.15) is 38.7 Å². The van der Waals surface area contributed by atoms with Crippen molar-refractivity contribution in [3.8, 4) is 5.69 Å². The van der Waals surface area contributed by atoms with Crippen LogP contribution in [-0.4, -0.2) is 38.8 Å². The first kappa shape index (κ1) is 28.5. The molecule has 40 heavy (non-hydrogen) atoms. The second kappa shape index (κ2) is 11.7. The molecule has 0 aliphatic carbocycles. The first-order chi connectivity index (χ1) is 19.0. The van der Waals surface area contributed by atoms with Gasteiger partial charge in [-0.1, -0.05) is 19.1 Å². The summed E-state index contributed by atoms with van der Waals surface area (Å²) in [5.41, 5.74) is 4.06. The van der Waals surface area contributed by atoms with E-state index in [1.807, 2.05) is 54.1 Å². The molecule has 0 saturated heterocycles. The minimum atomic E-state index is -3.03. The summed E-state index contributed by atoms with van der Waals surface area (Å²) in [6.07, 6.45) is 4.24. The Hall–Kier alpha value is -4.51. The van der Waals surface area contributed by atoms with Crippen molar-refractivity contribution in [3.63, 3.8) is 0 Å². The Morgan fingerprint density at radius 1 is 0.825 bits per heavy atom. The van der Waals surface area contributed by atoms with Crippen molar-refractivity contribution in [2.24, 2.45) is 0 Å². The van der Waals surface area contributed by atoms with Gasteiger partial charge < -0.3 is 9.55 Å². The fraction of sp³-hybridized carbons (Fsp3) is 0.241. The minimum absolute atomic E-state index is 0.0748. The number of nitro groups is 2. The molecule has 0 spiro atoms. The number of nitro benzene ring substituents is 2. The molecule has 208 valence electrons. The Balaban J connectivity index is 0.000000255. The Labute approximate surface area is 231 Å². The van der Waals surface area contributed by atoms with Crippen LogP contribution in [0.5, 0.6) is 0 Å². The van der Waals surface area contributed by atoms with E-state index in [-0.39, 0.29) is 28.3 Å². The maximum Gasteiger partial charge on any atom is 0.270 e. The number of nitrogens with one attached hydrogen (secondary N) is 1. The first-order valence-electron chi connectivity index (χ1n) is 12.7. The molecule has 0 radical (unpaired) electrons. The number of sulfone groups is 1. The Kier molecular flexibility index (Phi) is 8.34. The Bertz CT molecular complexity index is 1770. The molecule has 0 fully saturated rings. The molecule has 5 aromatic rings. The monoisotopic (exact) mass is 562 g/mol. The zero-order valence-corrected chi connectivity index (χ0v) is 23.2. The van der Waals surface area contributed by atoms with Crippen molar-refractivity contribution in [2.45, 2.75) is 38.4 Å². The third-order valence-electron chi connectivity index (χ3n) is 6.93. The maximum atomic E-state index is 12.0. The van der Waals surface area contributed by atoms with Crippen LogP contribution in [0.2, 0.25) is 0 Å². The van der Waals surface area contributed by atoms with Crippen molar-refractivity contribution in [1.82, 2.24) is 9.55 Å². The molecule has 11 heteroatoms. The van der Waals surface area contributed by atoms with E-state index in [1.54, 1.807) is 44.3 Å². The van der Waals surface area contributed by atoms with Crippen LogP contribution in [0.3, 0.4) is 0 Å². The smallest absolute Gasteiger partial charge is 0.270 e. The number of aromatic nitrogens is 2. The number of rotatable bonds is 8. The van der Waals surface area contributed by atoms with Gasteiger partial charge in [0.25, 0.3) is 11.4 Å². The highest BCUT2D eigenvalue weighted by atomic mass is 32.2. The van der Waals surface area contributed by atoms with E-state index < -0.39 is 19.7 Å². The van der Waals surface area contributed by atoms with E-state index in [0.29, 0.717) is 6.42 Å². The summed E-state index contributed by atoms with van der Waals surface area (Å²) >= 11 is 0. The van der Waals surface area contributed by atoms with Crippen molar-refractivity contribution in [2.75, 3.05) is 5.75 Å². The number of fused-ring (bicyclic) bond motifs is 2. The topological polar surface area (TPSA) is 141 Å². The lowest BCUT2D eigenvalue weighted by atomic mass is 9.98. The maximum absolute atomic E-state index is 12.0. The molecule has 0 bridgehead atoms. The highest BCUT2D eigenvalue weighted by molar-refractivity contribution is 7.91. The lowest BCUT2D eigenvalue weighted by molar-refractivity contribution is -0.384. The van der Waals surface area contributed by atoms with Crippen LogP contribution >= 0.6 is 0 Å². The van der Waals surface area contributed by atoms with Gasteiger partial charge in [-0.05, 0) is 68.1 Å². The molecule has 2 heterocycles. The average Bonchev–Trinajstić information content (AvgIpc) is 3.58. The van der Waals surface area contributed by atoms with Gasteiger partial charge in [0, 0.05) is 58.6 Å². The van der Waals surface area contributed by atoms with Crippen LogP contribution < -0.4 is 0 Å². The van der Waals surface area contributed by atoms with Gasteiger partial charge in [-0.3, -0.25) is 20.2 Å². The molecule has 1 atom stereocenters. The van der Waals surface area contributed by atoms with E-state index >= 15 is 0 Å². The zero-order chi connectivity index (χ0) is 29.0. The first-order valence-corrected chi connectivity index (χ1v) is 14.5. The van der Waals surface area contributed by atoms with Gasteiger partial charge in [0.05, 0.1) is 26.4 Å². The van der Waals surface area contributed by atoms with Crippen LogP contribution in [0.15, 0.2) is 85.2 Å². The summed E-state index contributed by atoms with van der Waals surface area (Å²) in [5, 5.41) is 22.6. The minimum Gasteiger partial charge on any atom is -0.361 e. The standard InChI is InChI=1S/C21H24N2O4S.C8H6N2O2/c1-15(2)28(26,27)13-11-16(3)17-4-6-19(7-5-17)22-12-10-18-14-20(23(24)25)8-9-21(18)22;11-10(12)7-1-2-8-6(5-7)3-4-9-8/h4-10,12,14-16H,11,13H2,1-3H3;1-5,9H/t16-;/m0./s1. The molecule has 10 nitrogen and oxygen atoms in total. The quantitative estimate of drug-likeness (QED) is 0.160. The van der Waals surface area contributed by atoms with Crippen molar-refractivity contribution < 1.29 is 18.3 Å². The van der Waals surface area contributed by atoms with E-state index in [4.69, 9.17) is 0 Å². The van der Waals surface area contributed by atoms with Crippen LogP contribution in [-0.2, 0) is 9.84 Å². The van der Waals surface area contributed by atoms with Crippen LogP contribution in [0, 0.1) is 20.2 Å². The number of aromatic amines is 1. The van der Waals surface area contributed by atoms with Gasteiger partial charge in [0.2, 0.25) is 0 Å². The van der Waals surface area contributed by atoms with Gasteiger partial charge in [0.1, 0.15) is 0 Å². The van der Waals surface area contributed by atoms with Crippen molar-refractivity contribution >= 4 is 43.0 Å². The van der Waals surface area contributed by atoms with Gasteiger partial charge in [-0.25, -0.2) is 8.42 Å². The number of hydrogen-bond acceptors (Lipinski definition) is 6. The average molecular weight is 563 g/mol. The van der Waals surface area contributed by atoms with Crippen LogP contribution in [0.25, 0.3) is 27.5 Å². The predicted molar refractivity (Wildman–Crippen MR) is 157 cm³/mol. The summed E-state index contributed by atoms with van der Waals surface area (Å²) in [6, 6.07) is 21.2. The fourth-order valence-electron chi connectivity index (χ4n) is 4.33. The van der Waals surface area contributed by atoms with E-state index in [2.05, 4.69) is 4.98 Å². The Morgan fingerprint density at radius 3 is 2.08 bits per heavy atom. The number of non-ortho nitro benzene ring substituents is 2. The highest BCUT2D eigenvalue weighted by Gasteiger charge is 2.18. The second-order valence-corrected chi connectivity index (χ2v) is 12.6. The molecule has 0 saturated carbocycles. The number of hydrogen-bond donors (Lipinski definition) is 1.